The molecule has 2 rings (SSSR count). The van der Waals surface area contributed by atoms with Gasteiger partial charge in [-0.05, 0) is 19.1 Å². The fourth-order valence-corrected chi connectivity index (χ4v) is 1.63. The summed E-state index contributed by atoms with van der Waals surface area (Å²) in [7, 11) is 0. The van der Waals surface area contributed by atoms with E-state index in [1.807, 2.05) is 17.7 Å². The van der Waals surface area contributed by atoms with Gasteiger partial charge in [0.1, 0.15) is 5.76 Å². The SMILES string of the molecule is CC(NCCn1ccnc1)c1ccc(C(=O)O)o1. The molecule has 2 N–H and O–H groups in total. The van der Waals surface area contributed by atoms with Crippen molar-refractivity contribution in [1.82, 2.24) is 14.9 Å². The van der Waals surface area contributed by atoms with Crippen LogP contribution >= 0.6 is 0 Å². The molecule has 0 fully saturated rings. The zero-order valence-electron chi connectivity index (χ0n) is 10.0. The first-order chi connectivity index (χ1) is 8.66. The summed E-state index contributed by atoms with van der Waals surface area (Å²) in [4.78, 5) is 14.6. The second kappa shape index (κ2) is 5.50. The van der Waals surface area contributed by atoms with Gasteiger partial charge in [-0.25, -0.2) is 9.78 Å². The summed E-state index contributed by atoms with van der Waals surface area (Å²) in [6.45, 7) is 3.48. The van der Waals surface area contributed by atoms with Crippen molar-refractivity contribution in [2.45, 2.75) is 19.5 Å². The summed E-state index contributed by atoms with van der Waals surface area (Å²) in [5.74, 6) is -0.460. The third-order valence-corrected chi connectivity index (χ3v) is 2.64. The third kappa shape index (κ3) is 2.98. The lowest BCUT2D eigenvalue weighted by atomic mass is 10.2. The second-order valence-corrected chi connectivity index (χ2v) is 3.98. The molecule has 0 aliphatic carbocycles. The highest BCUT2D eigenvalue weighted by atomic mass is 16.4. The molecule has 6 nitrogen and oxygen atoms in total. The Balaban J connectivity index is 1.83. The van der Waals surface area contributed by atoms with Crippen LogP contribution < -0.4 is 5.32 Å². The van der Waals surface area contributed by atoms with E-state index in [1.54, 1.807) is 18.6 Å². The van der Waals surface area contributed by atoms with E-state index in [4.69, 9.17) is 9.52 Å². The molecule has 2 aromatic rings. The zero-order chi connectivity index (χ0) is 13.0. The first-order valence-corrected chi connectivity index (χ1v) is 5.69. The van der Waals surface area contributed by atoms with Crippen LogP contribution in [0.25, 0.3) is 0 Å². The Hall–Kier alpha value is -2.08. The molecular weight excluding hydrogens is 234 g/mol. The summed E-state index contributed by atoms with van der Waals surface area (Å²) in [5.41, 5.74) is 0. The van der Waals surface area contributed by atoms with Crippen molar-refractivity contribution in [1.29, 1.82) is 0 Å². The van der Waals surface area contributed by atoms with Crippen LogP contribution in [0.2, 0.25) is 0 Å². The molecule has 1 atom stereocenters. The van der Waals surface area contributed by atoms with E-state index in [1.165, 1.54) is 6.07 Å². The average Bonchev–Trinajstić information content (AvgIpc) is 2.99. The van der Waals surface area contributed by atoms with Crippen molar-refractivity contribution in [3.05, 3.63) is 42.4 Å². The number of nitrogens with one attached hydrogen (secondary N) is 1. The van der Waals surface area contributed by atoms with E-state index in [0.717, 1.165) is 13.1 Å². The van der Waals surface area contributed by atoms with Crippen molar-refractivity contribution in [2.75, 3.05) is 6.54 Å². The molecule has 0 aromatic carbocycles. The van der Waals surface area contributed by atoms with E-state index in [0.29, 0.717) is 5.76 Å². The van der Waals surface area contributed by atoms with Gasteiger partial charge < -0.3 is 19.4 Å². The first-order valence-electron chi connectivity index (χ1n) is 5.69. The average molecular weight is 249 g/mol. The lowest BCUT2D eigenvalue weighted by Crippen LogP contribution is -2.22. The van der Waals surface area contributed by atoms with E-state index in [2.05, 4.69) is 10.3 Å². The van der Waals surface area contributed by atoms with Crippen molar-refractivity contribution >= 4 is 5.97 Å². The quantitative estimate of drug-likeness (QED) is 0.811. The van der Waals surface area contributed by atoms with Crippen LogP contribution in [0.3, 0.4) is 0 Å². The number of carbonyl (C=O) groups is 1. The summed E-state index contributed by atoms with van der Waals surface area (Å²) >= 11 is 0. The number of furan rings is 1. The van der Waals surface area contributed by atoms with Gasteiger partial charge in [-0.2, -0.15) is 0 Å². The maximum atomic E-state index is 10.7. The first kappa shape index (κ1) is 12.4. The summed E-state index contributed by atoms with van der Waals surface area (Å²) in [6.07, 6.45) is 5.37. The number of imidazole rings is 1. The number of hydrogen-bond acceptors (Lipinski definition) is 4. The van der Waals surface area contributed by atoms with Crippen molar-refractivity contribution in [3.63, 3.8) is 0 Å². The number of aromatic nitrogens is 2. The molecule has 0 aliphatic heterocycles. The molecule has 0 spiro atoms. The fraction of sp³-hybridized carbons (Fsp3) is 0.333. The van der Waals surface area contributed by atoms with Gasteiger partial charge in [0.2, 0.25) is 5.76 Å². The predicted molar refractivity (Wildman–Crippen MR) is 64.3 cm³/mol. The Morgan fingerprint density at radius 1 is 1.61 bits per heavy atom. The maximum absolute atomic E-state index is 10.7. The van der Waals surface area contributed by atoms with E-state index < -0.39 is 5.97 Å². The lowest BCUT2D eigenvalue weighted by Gasteiger charge is -2.11. The van der Waals surface area contributed by atoms with Crippen LogP contribution in [0.1, 0.15) is 29.3 Å². The summed E-state index contributed by atoms with van der Waals surface area (Å²) in [5, 5.41) is 12.0. The molecule has 0 saturated heterocycles. The topological polar surface area (TPSA) is 80.3 Å². The molecule has 18 heavy (non-hydrogen) atoms. The Morgan fingerprint density at radius 3 is 3.06 bits per heavy atom. The van der Waals surface area contributed by atoms with Crippen molar-refractivity contribution < 1.29 is 14.3 Å². The van der Waals surface area contributed by atoms with Gasteiger partial charge in [-0.15, -0.1) is 0 Å². The molecule has 0 aliphatic rings. The number of hydrogen-bond donors (Lipinski definition) is 2. The van der Waals surface area contributed by atoms with Crippen LogP contribution in [-0.4, -0.2) is 27.2 Å². The normalized spacial score (nSPS) is 12.5. The van der Waals surface area contributed by atoms with Crippen LogP contribution in [-0.2, 0) is 6.54 Å². The predicted octanol–water partition coefficient (Wildman–Crippen LogP) is 1.53. The maximum Gasteiger partial charge on any atom is 0.371 e. The fourth-order valence-electron chi connectivity index (χ4n) is 1.63. The third-order valence-electron chi connectivity index (χ3n) is 2.64. The number of carboxylic acids is 1. The molecule has 6 heteroatoms. The number of nitrogens with zero attached hydrogens (tertiary/aromatic N) is 2. The number of carboxylic acid groups (broad SMARTS) is 1. The molecule has 0 saturated carbocycles. The summed E-state index contributed by atoms with van der Waals surface area (Å²) in [6, 6.07) is 3.12. The highest BCUT2D eigenvalue weighted by Crippen LogP contribution is 2.15. The highest BCUT2D eigenvalue weighted by molar-refractivity contribution is 5.84. The number of aromatic carboxylic acids is 1. The minimum absolute atomic E-state index is 0.0263. The van der Waals surface area contributed by atoms with Gasteiger partial charge in [0.05, 0.1) is 12.4 Å². The monoisotopic (exact) mass is 249 g/mol. The lowest BCUT2D eigenvalue weighted by molar-refractivity contribution is 0.0659. The molecular formula is C12H15N3O3. The second-order valence-electron chi connectivity index (χ2n) is 3.98. The van der Waals surface area contributed by atoms with Gasteiger partial charge in [0, 0.05) is 25.5 Å². The molecule has 0 bridgehead atoms. The van der Waals surface area contributed by atoms with Crippen LogP contribution in [0.5, 0.6) is 0 Å². The molecule has 2 heterocycles. The van der Waals surface area contributed by atoms with Gasteiger partial charge in [0.25, 0.3) is 0 Å². The standard InChI is InChI=1S/C12H15N3O3/c1-9(10-2-3-11(18-10)12(16)17)14-5-7-15-6-4-13-8-15/h2-4,6,8-9,14H,5,7H2,1H3,(H,16,17). The van der Waals surface area contributed by atoms with E-state index in [-0.39, 0.29) is 11.8 Å². The van der Waals surface area contributed by atoms with Gasteiger partial charge in [0.15, 0.2) is 0 Å². The Morgan fingerprint density at radius 2 is 2.44 bits per heavy atom. The zero-order valence-corrected chi connectivity index (χ0v) is 10.0. The van der Waals surface area contributed by atoms with Crippen molar-refractivity contribution in [2.24, 2.45) is 0 Å². The largest absolute Gasteiger partial charge is 0.475 e. The Labute approximate surface area is 104 Å². The Kier molecular flexibility index (Phi) is 3.78. The van der Waals surface area contributed by atoms with Crippen LogP contribution in [0, 0.1) is 0 Å². The van der Waals surface area contributed by atoms with Crippen LogP contribution in [0.15, 0.2) is 35.3 Å². The van der Waals surface area contributed by atoms with E-state index >= 15 is 0 Å². The smallest absolute Gasteiger partial charge is 0.371 e. The minimum atomic E-state index is -1.05. The Bertz CT molecular complexity index is 504. The molecule has 96 valence electrons. The number of rotatable bonds is 6. The van der Waals surface area contributed by atoms with Gasteiger partial charge >= 0.3 is 5.97 Å². The minimum Gasteiger partial charge on any atom is -0.475 e. The van der Waals surface area contributed by atoms with Crippen LogP contribution in [0.4, 0.5) is 0 Å². The highest BCUT2D eigenvalue weighted by Gasteiger charge is 2.13. The summed E-state index contributed by atoms with van der Waals surface area (Å²) < 4.78 is 7.18. The molecule has 0 amide bonds. The molecule has 1 unspecified atom stereocenters. The van der Waals surface area contributed by atoms with E-state index in [9.17, 15) is 4.79 Å². The van der Waals surface area contributed by atoms with Crippen molar-refractivity contribution in [3.8, 4) is 0 Å². The van der Waals surface area contributed by atoms with Gasteiger partial charge in [-0.3, -0.25) is 0 Å². The molecule has 0 radical (unpaired) electrons. The molecule has 2 aromatic heterocycles. The van der Waals surface area contributed by atoms with Gasteiger partial charge in [-0.1, -0.05) is 0 Å².